The van der Waals surface area contributed by atoms with Gasteiger partial charge in [0.15, 0.2) is 0 Å². The molecular formula is C12H15ClN2O3. The topological polar surface area (TPSA) is 63.5 Å². The molecule has 0 unspecified atom stereocenters. The van der Waals surface area contributed by atoms with Gasteiger partial charge in [0.05, 0.1) is 4.92 Å². The van der Waals surface area contributed by atoms with Crippen LogP contribution >= 0.6 is 11.6 Å². The average molecular weight is 271 g/mol. The van der Waals surface area contributed by atoms with Crippen molar-refractivity contribution in [3.63, 3.8) is 0 Å². The Morgan fingerprint density at radius 1 is 1.50 bits per heavy atom. The highest BCUT2D eigenvalue weighted by Gasteiger charge is 2.22. The summed E-state index contributed by atoms with van der Waals surface area (Å²) in [4.78, 5) is 23.9. The van der Waals surface area contributed by atoms with Crippen LogP contribution in [0.3, 0.4) is 0 Å². The monoisotopic (exact) mass is 270 g/mol. The minimum absolute atomic E-state index is 0.0722. The molecule has 1 aromatic carbocycles. The van der Waals surface area contributed by atoms with E-state index in [0.29, 0.717) is 6.54 Å². The molecule has 0 aliphatic heterocycles. The third kappa shape index (κ3) is 3.43. The molecule has 5 nitrogen and oxygen atoms in total. The van der Waals surface area contributed by atoms with Gasteiger partial charge in [0.1, 0.15) is 5.56 Å². The Bertz CT molecular complexity index is 463. The lowest BCUT2D eigenvalue weighted by atomic mass is 10.1. The highest BCUT2D eigenvalue weighted by atomic mass is 35.5. The van der Waals surface area contributed by atoms with Crippen LogP contribution in [-0.4, -0.2) is 29.3 Å². The fourth-order valence-corrected chi connectivity index (χ4v) is 1.71. The first-order chi connectivity index (χ1) is 8.47. The van der Waals surface area contributed by atoms with E-state index in [1.807, 2.05) is 6.92 Å². The summed E-state index contributed by atoms with van der Waals surface area (Å²) >= 11 is 5.70. The maximum atomic E-state index is 12.1. The molecule has 0 aliphatic rings. The van der Waals surface area contributed by atoms with E-state index in [9.17, 15) is 14.9 Å². The van der Waals surface area contributed by atoms with Gasteiger partial charge in [0.2, 0.25) is 0 Å². The number of hydrogen-bond donors (Lipinski definition) is 0. The molecule has 6 heteroatoms. The van der Waals surface area contributed by atoms with Crippen LogP contribution in [0.4, 0.5) is 5.69 Å². The molecule has 0 aliphatic carbocycles. The number of rotatable bonds is 5. The summed E-state index contributed by atoms with van der Waals surface area (Å²) in [5.74, 6) is -0.355. The molecule has 0 atom stereocenters. The van der Waals surface area contributed by atoms with E-state index in [2.05, 4.69) is 0 Å². The van der Waals surface area contributed by atoms with E-state index in [1.54, 1.807) is 7.05 Å². The van der Waals surface area contributed by atoms with Crippen molar-refractivity contribution in [2.24, 2.45) is 0 Å². The Labute approximate surface area is 110 Å². The van der Waals surface area contributed by atoms with Crippen molar-refractivity contribution in [1.82, 2.24) is 4.90 Å². The Hall–Kier alpha value is -1.62. The van der Waals surface area contributed by atoms with E-state index >= 15 is 0 Å². The zero-order valence-corrected chi connectivity index (χ0v) is 11.1. The fraction of sp³-hybridized carbons (Fsp3) is 0.417. The van der Waals surface area contributed by atoms with Crippen molar-refractivity contribution in [2.75, 3.05) is 13.6 Å². The highest BCUT2D eigenvalue weighted by molar-refractivity contribution is 6.31. The fourth-order valence-electron chi connectivity index (χ4n) is 1.54. The van der Waals surface area contributed by atoms with Gasteiger partial charge in [-0.1, -0.05) is 24.9 Å². The van der Waals surface area contributed by atoms with Crippen molar-refractivity contribution >= 4 is 23.2 Å². The van der Waals surface area contributed by atoms with Gasteiger partial charge >= 0.3 is 0 Å². The minimum atomic E-state index is -0.591. The number of nitro groups is 1. The van der Waals surface area contributed by atoms with Gasteiger partial charge in [0, 0.05) is 24.7 Å². The van der Waals surface area contributed by atoms with Crippen molar-refractivity contribution < 1.29 is 9.72 Å². The maximum absolute atomic E-state index is 12.1. The molecule has 0 radical (unpaired) electrons. The third-order valence-electron chi connectivity index (χ3n) is 2.58. The van der Waals surface area contributed by atoms with E-state index < -0.39 is 4.92 Å². The number of benzene rings is 1. The number of carbonyl (C=O) groups is 1. The van der Waals surface area contributed by atoms with Gasteiger partial charge in [-0.15, -0.1) is 0 Å². The first-order valence-electron chi connectivity index (χ1n) is 5.66. The number of unbranched alkanes of at least 4 members (excludes halogenated alkanes) is 1. The van der Waals surface area contributed by atoms with Crippen molar-refractivity contribution in [3.8, 4) is 0 Å². The van der Waals surface area contributed by atoms with E-state index in [4.69, 9.17) is 11.6 Å². The SMILES string of the molecule is CCCCN(C)C(=O)c1ccc(Cl)cc1[N+](=O)[O-]. The Morgan fingerprint density at radius 2 is 2.17 bits per heavy atom. The smallest absolute Gasteiger partial charge is 0.283 e. The Balaban J connectivity index is 3.01. The second-order valence-corrected chi connectivity index (χ2v) is 4.44. The number of nitro benzene ring substituents is 1. The first kappa shape index (κ1) is 14.4. The van der Waals surface area contributed by atoms with Gasteiger partial charge in [-0.25, -0.2) is 0 Å². The molecule has 1 aromatic rings. The predicted octanol–water partition coefficient (Wildman–Crippen LogP) is 3.12. The molecule has 0 N–H and O–H groups in total. The van der Waals surface area contributed by atoms with Gasteiger partial charge in [-0.05, 0) is 18.6 Å². The number of carbonyl (C=O) groups excluding carboxylic acids is 1. The summed E-state index contributed by atoms with van der Waals surface area (Å²) in [6.45, 7) is 2.60. The lowest BCUT2D eigenvalue weighted by Crippen LogP contribution is -2.28. The molecule has 0 saturated heterocycles. The first-order valence-corrected chi connectivity index (χ1v) is 6.04. The molecule has 1 rings (SSSR count). The molecule has 0 saturated carbocycles. The van der Waals surface area contributed by atoms with Gasteiger partial charge in [0.25, 0.3) is 11.6 Å². The van der Waals surface area contributed by atoms with E-state index in [1.165, 1.54) is 23.1 Å². The quantitative estimate of drug-likeness (QED) is 0.610. The number of nitrogens with zero attached hydrogens (tertiary/aromatic N) is 2. The molecule has 98 valence electrons. The van der Waals surface area contributed by atoms with Gasteiger partial charge in [-0.3, -0.25) is 14.9 Å². The second kappa shape index (κ2) is 6.35. The maximum Gasteiger partial charge on any atom is 0.283 e. The predicted molar refractivity (Wildman–Crippen MR) is 70.0 cm³/mol. The standard InChI is InChI=1S/C12H15ClN2O3/c1-3-4-7-14(2)12(16)10-6-5-9(13)8-11(10)15(17)18/h5-6,8H,3-4,7H2,1-2H3. The summed E-state index contributed by atoms with van der Waals surface area (Å²) in [7, 11) is 1.64. The lowest BCUT2D eigenvalue weighted by Gasteiger charge is -2.16. The van der Waals surface area contributed by atoms with E-state index in [0.717, 1.165) is 12.8 Å². The van der Waals surface area contributed by atoms with Crippen LogP contribution in [-0.2, 0) is 0 Å². The summed E-state index contributed by atoms with van der Waals surface area (Å²) in [6.07, 6.45) is 1.82. The van der Waals surface area contributed by atoms with Crippen LogP contribution in [0.5, 0.6) is 0 Å². The Kier molecular flexibility index (Phi) is 5.09. The third-order valence-corrected chi connectivity index (χ3v) is 2.82. The molecule has 0 spiro atoms. The minimum Gasteiger partial charge on any atom is -0.341 e. The summed E-state index contributed by atoms with van der Waals surface area (Å²) in [6, 6.07) is 4.07. The second-order valence-electron chi connectivity index (χ2n) is 4.00. The van der Waals surface area contributed by atoms with Crippen LogP contribution in [0.25, 0.3) is 0 Å². The average Bonchev–Trinajstić information content (AvgIpc) is 2.34. The van der Waals surface area contributed by atoms with Crippen LogP contribution in [0, 0.1) is 10.1 Å². The molecule has 0 fully saturated rings. The van der Waals surface area contributed by atoms with Gasteiger partial charge in [-0.2, -0.15) is 0 Å². The van der Waals surface area contributed by atoms with Crippen LogP contribution < -0.4 is 0 Å². The molecule has 18 heavy (non-hydrogen) atoms. The largest absolute Gasteiger partial charge is 0.341 e. The van der Waals surface area contributed by atoms with Crippen LogP contribution in [0.15, 0.2) is 18.2 Å². The normalized spacial score (nSPS) is 10.2. The molecule has 0 heterocycles. The molecule has 1 amide bonds. The summed E-state index contributed by atoms with van der Waals surface area (Å²) in [5.41, 5.74) is -0.182. The number of hydrogen-bond acceptors (Lipinski definition) is 3. The molecule has 0 bridgehead atoms. The zero-order valence-electron chi connectivity index (χ0n) is 10.4. The molecular weight excluding hydrogens is 256 g/mol. The number of halogens is 1. The summed E-state index contributed by atoms with van der Waals surface area (Å²) < 4.78 is 0. The zero-order chi connectivity index (χ0) is 13.7. The van der Waals surface area contributed by atoms with Crippen molar-refractivity contribution in [1.29, 1.82) is 0 Å². The highest BCUT2D eigenvalue weighted by Crippen LogP contribution is 2.24. The number of amides is 1. The van der Waals surface area contributed by atoms with Crippen molar-refractivity contribution in [2.45, 2.75) is 19.8 Å². The van der Waals surface area contributed by atoms with Gasteiger partial charge < -0.3 is 4.90 Å². The van der Waals surface area contributed by atoms with Crippen LogP contribution in [0.1, 0.15) is 30.1 Å². The van der Waals surface area contributed by atoms with Crippen molar-refractivity contribution in [3.05, 3.63) is 38.9 Å². The van der Waals surface area contributed by atoms with Crippen LogP contribution in [0.2, 0.25) is 5.02 Å². The molecule has 0 aromatic heterocycles. The summed E-state index contributed by atoms with van der Waals surface area (Å²) in [5, 5.41) is 11.1. The van der Waals surface area contributed by atoms with E-state index in [-0.39, 0.29) is 22.2 Å². The Morgan fingerprint density at radius 3 is 2.72 bits per heavy atom. The lowest BCUT2D eigenvalue weighted by molar-refractivity contribution is -0.385.